The van der Waals surface area contributed by atoms with E-state index in [1.165, 1.54) is 5.57 Å². The second kappa shape index (κ2) is 6.63. The SMILES string of the molecule is CC(=O)OC1C2C3[C@@H](C[C@H]1C)C(C)CO[C@@]1(C)CCC=C(C)C[C@@H]2O[C@@H]31. The molecule has 3 fully saturated rings. The van der Waals surface area contributed by atoms with Gasteiger partial charge >= 0.3 is 5.97 Å². The second-order valence-corrected chi connectivity index (χ2v) is 9.59. The largest absolute Gasteiger partial charge is 0.462 e. The van der Waals surface area contributed by atoms with E-state index in [0.29, 0.717) is 23.7 Å². The van der Waals surface area contributed by atoms with Gasteiger partial charge in [0.2, 0.25) is 0 Å². The lowest BCUT2D eigenvalue weighted by Crippen LogP contribution is -2.51. The van der Waals surface area contributed by atoms with Crippen molar-refractivity contribution in [2.24, 2.45) is 29.6 Å². The summed E-state index contributed by atoms with van der Waals surface area (Å²) in [6, 6.07) is 0. The van der Waals surface area contributed by atoms with Gasteiger partial charge in [0.25, 0.3) is 0 Å². The molecule has 0 amide bonds. The summed E-state index contributed by atoms with van der Waals surface area (Å²) in [6.07, 6.45) is 6.64. The average molecular weight is 363 g/mol. The van der Waals surface area contributed by atoms with Gasteiger partial charge in [-0.1, -0.05) is 25.5 Å². The van der Waals surface area contributed by atoms with Crippen LogP contribution in [0.1, 0.15) is 60.3 Å². The predicted molar refractivity (Wildman–Crippen MR) is 99.6 cm³/mol. The van der Waals surface area contributed by atoms with Gasteiger partial charge in [-0.3, -0.25) is 4.79 Å². The van der Waals surface area contributed by atoms with Crippen LogP contribution < -0.4 is 0 Å². The number of hydrogen-bond acceptors (Lipinski definition) is 4. The van der Waals surface area contributed by atoms with Crippen molar-refractivity contribution in [2.75, 3.05) is 6.61 Å². The minimum absolute atomic E-state index is 0.0365. The van der Waals surface area contributed by atoms with E-state index in [-0.39, 0.29) is 35.8 Å². The molecule has 146 valence electrons. The van der Waals surface area contributed by atoms with Crippen LogP contribution in [-0.2, 0) is 19.0 Å². The van der Waals surface area contributed by atoms with Crippen LogP contribution in [0.2, 0.25) is 0 Å². The van der Waals surface area contributed by atoms with E-state index in [1.54, 1.807) is 6.92 Å². The summed E-state index contributed by atoms with van der Waals surface area (Å²) in [4.78, 5) is 11.8. The van der Waals surface area contributed by atoms with Gasteiger partial charge in [-0.15, -0.1) is 0 Å². The minimum atomic E-state index is -0.247. The summed E-state index contributed by atoms with van der Waals surface area (Å²) in [6.45, 7) is 11.4. The second-order valence-electron chi connectivity index (χ2n) is 9.59. The molecule has 4 rings (SSSR count). The number of hydrogen-bond donors (Lipinski definition) is 0. The maximum atomic E-state index is 11.8. The maximum Gasteiger partial charge on any atom is 0.302 e. The van der Waals surface area contributed by atoms with Gasteiger partial charge in [0.15, 0.2) is 0 Å². The van der Waals surface area contributed by atoms with Crippen LogP contribution in [0.25, 0.3) is 0 Å². The molecule has 4 unspecified atom stereocenters. The Labute approximate surface area is 157 Å². The third kappa shape index (κ3) is 2.93. The molecule has 1 saturated carbocycles. The highest BCUT2D eigenvalue weighted by molar-refractivity contribution is 5.66. The van der Waals surface area contributed by atoms with E-state index >= 15 is 0 Å². The average Bonchev–Trinajstić information content (AvgIpc) is 2.92. The Morgan fingerprint density at radius 3 is 2.77 bits per heavy atom. The molecule has 4 aliphatic rings. The highest BCUT2D eigenvalue weighted by Crippen LogP contribution is 2.57. The number of fused-ring (bicyclic) bond motifs is 2. The first-order chi connectivity index (χ1) is 12.3. The smallest absolute Gasteiger partial charge is 0.302 e. The topological polar surface area (TPSA) is 44.8 Å². The third-order valence-electron chi connectivity index (χ3n) is 7.59. The van der Waals surface area contributed by atoms with Crippen molar-refractivity contribution in [1.82, 2.24) is 0 Å². The molecule has 0 aromatic carbocycles. The first-order valence-electron chi connectivity index (χ1n) is 10.4. The van der Waals surface area contributed by atoms with Crippen molar-refractivity contribution in [3.8, 4) is 0 Å². The molecular formula is C22H34O4. The molecule has 4 nitrogen and oxygen atoms in total. The van der Waals surface area contributed by atoms with Crippen LogP contribution in [-0.4, -0.2) is 36.5 Å². The number of rotatable bonds is 1. The summed E-state index contributed by atoms with van der Waals surface area (Å²) >= 11 is 0. The normalized spacial score (nSPS) is 50.7. The van der Waals surface area contributed by atoms with Crippen LogP contribution >= 0.6 is 0 Å². The number of carbonyl (C=O) groups is 1. The van der Waals surface area contributed by atoms with Gasteiger partial charge in [0.1, 0.15) is 6.10 Å². The van der Waals surface area contributed by atoms with Crippen molar-refractivity contribution in [3.63, 3.8) is 0 Å². The molecule has 3 aliphatic heterocycles. The van der Waals surface area contributed by atoms with Gasteiger partial charge in [-0.05, 0) is 63.2 Å². The van der Waals surface area contributed by atoms with Crippen molar-refractivity contribution < 1.29 is 19.0 Å². The van der Waals surface area contributed by atoms with Crippen LogP contribution in [0.4, 0.5) is 0 Å². The zero-order valence-corrected chi connectivity index (χ0v) is 16.9. The zero-order valence-electron chi connectivity index (χ0n) is 16.9. The maximum absolute atomic E-state index is 11.8. The predicted octanol–water partition coefficient (Wildman–Crippen LogP) is 4.13. The molecule has 0 aromatic rings. The van der Waals surface area contributed by atoms with E-state index < -0.39 is 0 Å². The number of esters is 1. The van der Waals surface area contributed by atoms with Crippen molar-refractivity contribution in [3.05, 3.63) is 11.6 Å². The first-order valence-corrected chi connectivity index (χ1v) is 10.4. The Morgan fingerprint density at radius 1 is 1.27 bits per heavy atom. The summed E-state index contributed by atoms with van der Waals surface area (Å²) in [5.41, 5.74) is 1.14. The van der Waals surface area contributed by atoms with Gasteiger partial charge in [0.05, 0.1) is 24.4 Å². The Kier molecular flexibility index (Phi) is 4.71. The number of ether oxygens (including phenoxy) is 3. The molecule has 9 atom stereocenters. The number of carbonyl (C=O) groups excluding carboxylic acids is 1. The first kappa shape index (κ1) is 18.5. The van der Waals surface area contributed by atoms with E-state index in [9.17, 15) is 4.79 Å². The molecule has 26 heavy (non-hydrogen) atoms. The van der Waals surface area contributed by atoms with E-state index in [4.69, 9.17) is 14.2 Å². The summed E-state index contributed by atoms with van der Waals surface area (Å²) in [5, 5.41) is 0. The fraction of sp³-hybridized carbons (Fsp3) is 0.864. The Balaban J connectivity index is 1.79. The summed E-state index contributed by atoms with van der Waals surface area (Å²) in [7, 11) is 0. The highest BCUT2D eigenvalue weighted by atomic mass is 16.6. The third-order valence-corrected chi connectivity index (χ3v) is 7.59. The van der Waals surface area contributed by atoms with E-state index in [1.807, 2.05) is 0 Å². The Hall–Kier alpha value is -0.870. The molecule has 1 aliphatic carbocycles. The monoisotopic (exact) mass is 362 g/mol. The van der Waals surface area contributed by atoms with Crippen LogP contribution in [0.3, 0.4) is 0 Å². The summed E-state index contributed by atoms with van der Waals surface area (Å²) in [5.74, 6) is 2.01. The lowest BCUT2D eigenvalue weighted by Gasteiger charge is -2.46. The molecule has 0 radical (unpaired) electrons. The fourth-order valence-electron chi connectivity index (χ4n) is 6.34. The van der Waals surface area contributed by atoms with Crippen LogP contribution in [0.15, 0.2) is 11.6 Å². The van der Waals surface area contributed by atoms with Crippen LogP contribution in [0, 0.1) is 29.6 Å². The Bertz CT molecular complexity index is 599. The molecule has 0 spiro atoms. The molecular weight excluding hydrogens is 328 g/mol. The van der Waals surface area contributed by atoms with Gasteiger partial charge in [-0.25, -0.2) is 0 Å². The van der Waals surface area contributed by atoms with Crippen LogP contribution in [0.5, 0.6) is 0 Å². The lowest BCUT2D eigenvalue weighted by atomic mass is 9.59. The van der Waals surface area contributed by atoms with Crippen molar-refractivity contribution >= 4 is 5.97 Å². The van der Waals surface area contributed by atoms with E-state index in [2.05, 4.69) is 33.8 Å². The molecule has 3 heterocycles. The molecule has 4 heteroatoms. The molecule has 0 N–H and O–H groups in total. The number of allylic oxidation sites excluding steroid dienone is 1. The van der Waals surface area contributed by atoms with Gasteiger partial charge in [0, 0.05) is 12.8 Å². The van der Waals surface area contributed by atoms with Crippen molar-refractivity contribution in [1.29, 1.82) is 0 Å². The lowest BCUT2D eigenvalue weighted by molar-refractivity contribution is -0.160. The van der Waals surface area contributed by atoms with Crippen molar-refractivity contribution in [2.45, 2.75) is 84.2 Å². The fourth-order valence-corrected chi connectivity index (χ4v) is 6.34. The standard InChI is InChI=1S/C22H34O4/c1-12-7-6-8-22(5)21-18-16(14(3)11-24-22)10-13(2)20(25-15(4)23)19(18)17(9-12)26-21/h7,13-14,16-21H,6,8-11H2,1-5H3/t13-,14?,16+,17+,18?,19?,20?,21+,22+/m1/s1. The summed E-state index contributed by atoms with van der Waals surface area (Å²) < 4.78 is 19.2. The highest BCUT2D eigenvalue weighted by Gasteiger charge is 2.62. The van der Waals surface area contributed by atoms with Gasteiger partial charge < -0.3 is 14.2 Å². The quantitative estimate of drug-likeness (QED) is 0.520. The zero-order chi connectivity index (χ0) is 18.6. The molecule has 2 bridgehead atoms. The van der Waals surface area contributed by atoms with Gasteiger partial charge in [-0.2, -0.15) is 0 Å². The minimum Gasteiger partial charge on any atom is -0.462 e. The molecule has 0 aromatic heterocycles. The molecule has 2 saturated heterocycles. The Morgan fingerprint density at radius 2 is 2.04 bits per heavy atom. The van der Waals surface area contributed by atoms with E-state index in [0.717, 1.165) is 32.3 Å².